The molecule has 4 unspecified atom stereocenters. The van der Waals surface area contributed by atoms with Crippen molar-refractivity contribution in [3.8, 4) is 0 Å². The number of nitrogens with zero attached hydrogens (tertiary/aromatic N) is 2. The van der Waals surface area contributed by atoms with E-state index in [2.05, 4.69) is 50.7 Å². The van der Waals surface area contributed by atoms with Gasteiger partial charge < -0.3 is 19.9 Å². The van der Waals surface area contributed by atoms with Gasteiger partial charge in [-0.2, -0.15) is 0 Å². The average molecular weight is 509 g/mol. The van der Waals surface area contributed by atoms with Crippen LogP contribution in [0.15, 0.2) is 35.5 Å². The van der Waals surface area contributed by atoms with Gasteiger partial charge in [0, 0.05) is 51.9 Å². The molecule has 5 aliphatic heterocycles. The fourth-order valence-corrected chi connectivity index (χ4v) is 7.46. The van der Waals surface area contributed by atoms with Gasteiger partial charge in [0.25, 0.3) is 5.91 Å². The summed E-state index contributed by atoms with van der Waals surface area (Å²) in [6.45, 7) is 5.20. The molecule has 7 aliphatic rings. The number of hydrazine groups is 1. The lowest BCUT2D eigenvalue weighted by Crippen LogP contribution is -2.69. The molecule has 4 N–H and O–H groups in total. The molecule has 0 saturated carbocycles. The van der Waals surface area contributed by atoms with Crippen molar-refractivity contribution in [2.45, 2.75) is 62.4 Å². The summed E-state index contributed by atoms with van der Waals surface area (Å²) in [7, 11) is 0. The smallest absolute Gasteiger partial charge is 0.251 e. The van der Waals surface area contributed by atoms with Gasteiger partial charge in [0.05, 0.1) is 0 Å². The van der Waals surface area contributed by atoms with Gasteiger partial charge in [-0.05, 0) is 67.4 Å². The lowest BCUT2D eigenvalue weighted by Gasteiger charge is -2.37. The van der Waals surface area contributed by atoms with E-state index in [0.717, 1.165) is 45.3 Å². The Morgan fingerprint density at radius 2 is 2.08 bits per heavy atom. The molecule has 5 heterocycles. The van der Waals surface area contributed by atoms with E-state index in [1.807, 2.05) is 4.90 Å². The van der Waals surface area contributed by atoms with E-state index >= 15 is 0 Å². The number of carbonyl (C=O) groups excluding carboxylic acids is 2. The summed E-state index contributed by atoms with van der Waals surface area (Å²) in [6.07, 6.45) is 15.3. The van der Waals surface area contributed by atoms with E-state index in [4.69, 9.17) is 4.74 Å². The van der Waals surface area contributed by atoms with Crippen LogP contribution in [0, 0.1) is 17.8 Å². The third-order valence-electron chi connectivity index (χ3n) is 9.77. The van der Waals surface area contributed by atoms with Crippen LogP contribution in [0.2, 0.25) is 0 Å². The van der Waals surface area contributed by atoms with Crippen LogP contribution in [-0.2, 0) is 14.3 Å². The van der Waals surface area contributed by atoms with E-state index in [-0.39, 0.29) is 24.1 Å². The second kappa shape index (κ2) is 9.61. The van der Waals surface area contributed by atoms with Crippen molar-refractivity contribution in [1.29, 1.82) is 0 Å². The minimum absolute atomic E-state index is 0.0907. The number of likely N-dealkylation sites (tertiary alicyclic amines) is 1. The van der Waals surface area contributed by atoms with Crippen LogP contribution in [-0.4, -0.2) is 91.3 Å². The molecule has 7 rings (SSSR count). The number of nitrogens with one attached hydrogen (secondary N) is 4. The minimum Gasteiger partial charge on any atom is -0.368 e. The molecule has 0 aromatic heterocycles. The zero-order chi connectivity index (χ0) is 25.0. The first kappa shape index (κ1) is 24.0. The van der Waals surface area contributed by atoms with Gasteiger partial charge in [-0.1, -0.05) is 24.3 Å². The van der Waals surface area contributed by atoms with Gasteiger partial charge >= 0.3 is 0 Å². The molecule has 9 heteroatoms. The standard InChI is InChI=1S/C28H40N6O3/c35-26(24-2-1-11-37-24)33-10-9-18(14-33)15-34-25(31-28(27(34)36)16-29-17-28)20-5-3-19(4-6-20)21-7-8-23-22(12-21)13-30-32-23/h3,5-6,12,18-19,21,23-25,29-32H,1-2,4,7-11,13-17H2/t18-,19?,21?,23?,24-,25?/m1/s1. The number of fused-ring (bicyclic) bond motifs is 1. The van der Waals surface area contributed by atoms with Crippen molar-refractivity contribution in [3.63, 3.8) is 0 Å². The van der Waals surface area contributed by atoms with Crippen LogP contribution in [0.4, 0.5) is 0 Å². The van der Waals surface area contributed by atoms with E-state index in [1.54, 1.807) is 0 Å². The van der Waals surface area contributed by atoms with Crippen LogP contribution < -0.4 is 21.5 Å². The molecule has 2 aliphatic carbocycles. The first-order chi connectivity index (χ1) is 18.1. The second-order valence-electron chi connectivity index (χ2n) is 12.1. The Hall–Kier alpha value is -2.04. The summed E-state index contributed by atoms with van der Waals surface area (Å²) in [6, 6.07) is 0.511. The van der Waals surface area contributed by atoms with Gasteiger partial charge in [0.15, 0.2) is 0 Å². The number of carbonyl (C=O) groups is 2. The molecule has 6 atom stereocenters. The fraction of sp³-hybridized carbons (Fsp3) is 0.714. The number of rotatable bonds is 5. The Bertz CT molecular complexity index is 1030. The van der Waals surface area contributed by atoms with Crippen molar-refractivity contribution in [2.75, 3.05) is 45.9 Å². The zero-order valence-electron chi connectivity index (χ0n) is 21.6. The summed E-state index contributed by atoms with van der Waals surface area (Å²) in [5, 5.41) is 7.02. The van der Waals surface area contributed by atoms with Gasteiger partial charge in [0.1, 0.15) is 17.8 Å². The summed E-state index contributed by atoms with van der Waals surface area (Å²) in [4.78, 5) is 30.5. The topological polar surface area (TPSA) is 98.0 Å². The molecule has 0 radical (unpaired) electrons. The van der Waals surface area contributed by atoms with Gasteiger partial charge in [0.2, 0.25) is 5.91 Å². The first-order valence-electron chi connectivity index (χ1n) is 14.4. The minimum atomic E-state index is -0.479. The molecule has 1 spiro atoms. The third-order valence-corrected chi connectivity index (χ3v) is 9.77. The number of hydrogen-bond acceptors (Lipinski definition) is 7. The van der Waals surface area contributed by atoms with Crippen LogP contribution in [0.5, 0.6) is 0 Å². The van der Waals surface area contributed by atoms with Crippen molar-refractivity contribution < 1.29 is 14.3 Å². The zero-order valence-corrected chi connectivity index (χ0v) is 21.6. The van der Waals surface area contributed by atoms with Crippen LogP contribution in [0.25, 0.3) is 0 Å². The van der Waals surface area contributed by atoms with Crippen molar-refractivity contribution >= 4 is 11.8 Å². The maximum Gasteiger partial charge on any atom is 0.251 e. The highest BCUT2D eigenvalue weighted by Gasteiger charge is 2.56. The average Bonchev–Trinajstić information content (AvgIpc) is 3.70. The quantitative estimate of drug-likeness (QED) is 0.400. The van der Waals surface area contributed by atoms with Gasteiger partial charge in [-0.3, -0.25) is 25.8 Å². The molecule has 0 aromatic carbocycles. The highest BCUT2D eigenvalue weighted by molar-refractivity contribution is 5.91. The predicted octanol–water partition coefficient (Wildman–Crippen LogP) is 0.429. The predicted molar refractivity (Wildman–Crippen MR) is 139 cm³/mol. The summed E-state index contributed by atoms with van der Waals surface area (Å²) in [5.74, 6) is 1.76. The van der Waals surface area contributed by atoms with E-state index in [1.165, 1.54) is 24.0 Å². The number of ether oxygens (including phenoxy) is 1. The Labute approximate surface area is 219 Å². The first-order valence-corrected chi connectivity index (χ1v) is 14.4. The molecular formula is C28H40N6O3. The maximum atomic E-state index is 13.6. The highest BCUT2D eigenvalue weighted by atomic mass is 16.5. The van der Waals surface area contributed by atoms with E-state index < -0.39 is 5.54 Å². The van der Waals surface area contributed by atoms with Crippen molar-refractivity contribution in [2.24, 2.45) is 17.8 Å². The molecule has 0 bridgehead atoms. The highest BCUT2D eigenvalue weighted by Crippen LogP contribution is 2.37. The summed E-state index contributed by atoms with van der Waals surface area (Å²) >= 11 is 0. The number of allylic oxidation sites excluding steroid dienone is 3. The van der Waals surface area contributed by atoms with E-state index in [9.17, 15) is 9.59 Å². The normalized spacial score (nSPS) is 38.6. The molecule has 200 valence electrons. The van der Waals surface area contributed by atoms with Crippen LogP contribution >= 0.6 is 0 Å². The lowest BCUT2D eigenvalue weighted by atomic mass is 9.77. The molecule has 5 fully saturated rings. The largest absolute Gasteiger partial charge is 0.368 e. The van der Waals surface area contributed by atoms with Crippen molar-refractivity contribution in [1.82, 2.24) is 31.3 Å². The second-order valence-corrected chi connectivity index (χ2v) is 12.1. The Kier molecular flexibility index (Phi) is 6.24. The molecular weight excluding hydrogens is 468 g/mol. The lowest BCUT2D eigenvalue weighted by molar-refractivity contribution is -0.139. The summed E-state index contributed by atoms with van der Waals surface area (Å²) < 4.78 is 5.63. The number of hydrogen-bond donors (Lipinski definition) is 4. The monoisotopic (exact) mass is 508 g/mol. The van der Waals surface area contributed by atoms with E-state index in [0.29, 0.717) is 50.0 Å². The van der Waals surface area contributed by atoms with Crippen molar-refractivity contribution in [3.05, 3.63) is 35.5 Å². The SMILES string of the molecule is O=C([C@H]1CCCO1)N1CC[C@@H](CN2C(=O)C3(CNC3)NC2C2=CCC(C3C=C4CNNC4CC3)C=C2)C1. The number of amides is 2. The molecule has 5 saturated heterocycles. The summed E-state index contributed by atoms with van der Waals surface area (Å²) in [5.41, 5.74) is 8.91. The molecule has 9 nitrogen and oxygen atoms in total. The third kappa shape index (κ3) is 4.29. The molecule has 0 aromatic rings. The Morgan fingerprint density at radius 1 is 1.16 bits per heavy atom. The van der Waals surface area contributed by atoms with Crippen LogP contribution in [0.1, 0.15) is 38.5 Å². The Morgan fingerprint density at radius 3 is 2.84 bits per heavy atom. The van der Waals surface area contributed by atoms with Crippen LogP contribution in [0.3, 0.4) is 0 Å². The van der Waals surface area contributed by atoms with Gasteiger partial charge in [-0.25, -0.2) is 0 Å². The molecule has 2 amide bonds. The maximum absolute atomic E-state index is 13.6. The van der Waals surface area contributed by atoms with Gasteiger partial charge in [-0.15, -0.1) is 0 Å². The Balaban J connectivity index is 1.02. The fourth-order valence-electron chi connectivity index (χ4n) is 7.46. The molecule has 37 heavy (non-hydrogen) atoms.